The molecular formula is H12Cl2MnO14-2. The Morgan fingerprint density at radius 3 is 0.353 bits per heavy atom. The Morgan fingerprint density at radius 1 is 0.353 bits per heavy atom. The van der Waals surface area contributed by atoms with Crippen LogP contribution in [0.2, 0.25) is 0 Å². The van der Waals surface area contributed by atoms with Crippen LogP contribution in [0.1, 0.15) is 0 Å². The molecule has 119 valence electrons. The molecular weight excluding hydrogens is 350 g/mol. The van der Waals surface area contributed by atoms with E-state index in [9.17, 15) is 0 Å². The smallest absolute Gasteiger partial charge is 0 e. The Kier molecular flexibility index (Phi) is 98.3. The molecule has 0 amide bonds. The van der Waals surface area contributed by atoms with Crippen LogP contribution in [0, 0.1) is 20.5 Å². The second-order valence-electron chi connectivity index (χ2n) is 0.756. The van der Waals surface area contributed by atoms with Gasteiger partial charge < -0.3 is 32.9 Å². The van der Waals surface area contributed by atoms with Crippen molar-refractivity contribution >= 4 is 0 Å². The molecule has 0 aliphatic carbocycles. The summed E-state index contributed by atoms with van der Waals surface area (Å²) < 4.78 is 67.9. The number of halogens is 2. The van der Waals surface area contributed by atoms with Gasteiger partial charge >= 0.3 is 0 Å². The largest absolute Gasteiger partial charge is 0.412 e. The minimum Gasteiger partial charge on any atom is -0.412 e. The van der Waals surface area contributed by atoms with Crippen molar-refractivity contribution in [1.29, 1.82) is 0 Å². The molecule has 1 radical (unpaired) electrons. The first-order chi connectivity index (χ1) is 4.00. The molecule has 0 bridgehead atoms. The first-order valence-corrected chi connectivity index (χ1v) is 3.70. The van der Waals surface area contributed by atoms with E-state index in [4.69, 9.17) is 37.3 Å². The second kappa shape index (κ2) is 25.4. The molecule has 0 aromatic carbocycles. The van der Waals surface area contributed by atoms with Gasteiger partial charge in [0.15, 0.2) is 0 Å². The van der Waals surface area contributed by atoms with Gasteiger partial charge in [-0.25, -0.2) is 37.3 Å². The van der Waals surface area contributed by atoms with Crippen molar-refractivity contribution in [2.75, 3.05) is 0 Å². The van der Waals surface area contributed by atoms with Crippen LogP contribution in [0.5, 0.6) is 0 Å². The van der Waals surface area contributed by atoms with Crippen LogP contribution >= 0.6 is 0 Å². The first kappa shape index (κ1) is 65.8. The predicted octanol–water partition coefficient (Wildman–Crippen LogP) is -14.5. The molecule has 0 fully saturated rings. The summed E-state index contributed by atoms with van der Waals surface area (Å²) in [7, 11) is -9.89. The fourth-order valence-electron chi connectivity index (χ4n) is 0. The zero-order valence-corrected chi connectivity index (χ0v) is 10.1. The second-order valence-corrected chi connectivity index (χ2v) is 2.27. The summed E-state index contributed by atoms with van der Waals surface area (Å²) >= 11 is 0. The predicted molar refractivity (Wildman–Crippen MR) is 21.7 cm³/mol. The molecule has 14 nitrogen and oxygen atoms in total. The maximum absolute atomic E-state index is 8.49. The molecule has 0 aliphatic heterocycles. The topological polar surface area (TPSA) is 373 Å². The van der Waals surface area contributed by atoms with E-state index in [1.165, 1.54) is 0 Å². The van der Waals surface area contributed by atoms with Gasteiger partial charge in [0.25, 0.3) is 0 Å². The van der Waals surface area contributed by atoms with Gasteiger partial charge in [0.1, 0.15) is 0 Å². The van der Waals surface area contributed by atoms with Crippen LogP contribution in [0.25, 0.3) is 0 Å². The zero-order valence-electron chi connectivity index (χ0n) is 7.40. The molecule has 0 saturated carbocycles. The minimum absolute atomic E-state index is 0. The van der Waals surface area contributed by atoms with Gasteiger partial charge in [-0.3, -0.25) is 0 Å². The Bertz CT molecular complexity index is 57.2. The average Bonchev–Trinajstić information content (AvgIpc) is 1.12. The van der Waals surface area contributed by atoms with Crippen molar-refractivity contribution in [3.63, 3.8) is 0 Å². The molecule has 0 heterocycles. The standard InChI is InChI=1S/2ClHO4.Mn.6H2O/c2*2-1(3,4)5;;;;;;;/h2*(H,2,3,4,5);;6*1H2/p-2. The summed E-state index contributed by atoms with van der Waals surface area (Å²) in [5.74, 6) is 0. The summed E-state index contributed by atoms with van der Waals surface area (Å²) in [6.45, 7) is 0. The molecule has 0 spiro atoms. The Labute approximate surface area is 108 Å². The molecule has 0 unspecified atom stereocenters. The van der Waals surface area contributed by atoms with E-state index in [1.807, 2.05) is 0 Å². The van der Waals surface area contributed by atoms with E-state index in [0.29, 0.717) is 0 Å². The van der Waals surface area contributed by atoms with E-state index in [-0.39, 0.29) is 49.9 Å². The number of rotatable bonds is 0. The van der Waals surface area contributed by atoms with Crippen LogP contribution in [0.4, 0.5) is 0 Å². The third-order valence-corrected chi connectivity index (χ3v) is 0. The van der Waals surface area contributed by atoms with Crippen LogP contribution in [0.3, 0.4) is 0 Å². The fourth-order valence-corrected chi connectivity index (χ4v) is 0. The van der Waals surface area contributed by atoms with Gasteiger partial charge in [-0.2, -0.15) is 0 Å². The summed E-state index contributed by atoms with van der Waals surface area (Å²) in [5, 5.41) is 0. The quantitative estimate of drug-likeness (QED) is 0.371. The van der Waals surface area contributed by atoms with E-state index in [0.717, 1.165) is 0 Å². The number of hydrogen-bond donors (Lipinski definition) is 0. The number of hydrogen-bond acceptors (Lipinski definition) is 8. The van der Waals surface area contributed by atoms with Crippen molar-refractivity contribution < 1.29 is 108 Å². The molecule has 12 N–H and O–H groups in total. The summed E-state index contributed by atoms with van der Waals surface area (Å²) in [6.07, 6.45) is 0. The van der Waals surface area contributed by atoms with Gasteiger partial charge in [-0.15, -0.1) is 20.5 Å². The average molecular weight is 362 g/mol. The molecule has 0 aromatic heterocycles. The first-order valence-electron chi connectivity index (χ1n) is 1.23. The molecule has 0 aromatic rings. The van der Waals surface area contributed by atoms with Crippen molar-refractivity contribution in [1.82, 2.24) is 0 Å². The fraction of sp³-hybridized carbons (Fsp3) is 0. The van der Waals surface area contributed by atoms with Crippen LogP contribution < -0.4 is 37.3 Å². The van der Waals surface area contributed by atoms with Gasteiger partial charge in [0, 0.05) is 17.1 Å². The van der Waals surface area contributed by atoms with Crippen LogP contribution in [-0.2, 0) is 17.1 Å². The third-order valence-electron chi connectivity index (χ3n) is 0. The maximum Gasteiger partial charge on any atom is 0 e. The van der Waals surface area contributed by atoms with Gasteiger partial charge in [0.05, 0.1) is 0 Å². The van der Waals surface area contributed by atoms with E-state index >= 15 is 0 Å². The molecule has 0 saturated heterocycles. The Morgan fingerprint density at radius 2 is 0.353 bits per heavy atom. The molecule has 0 aliphatic rings. The van der Waals surface area contributed by atoms with E-state index < -0.39 is 20.5 Å². The Hall–Kier alpha value is 0.539. The molecule has 0 atom stereocenters. The SMILES string of the molecule is O.O.O.O.O.O.[Mn].[O-][Cl+3]([O-])([O-])[O-].[O-][Cl+3]([O-])([O-])[O-]. The van der Waals surface area contributed by atoms with Crippen molar-refractivity contribution in [2.45, 2.75) is 0 Å². The monoisotopic (exact) mass is 361 g/mol. The summed E-state index contributed by atoms with van der Waals surface area (Å²) in [4.78, 5) is 0. The van der Waals surface area contributed by atoms with E-state index in [2.05, 4.69) is 0 Å². The Balaban J connectivity index is -0.00000000762. The van der Waals surface area contributed by atoms with Gasteiger partial charge in [0.2, 0.25) is 0 Å². The van der Waals surface area contributed by atoms with Crippen molar-refractivity contribution in [3.8, 4) is 0 Å². The minimum atomic E-state index is -4.94. The molecule has 0 rings (SSSR count). The van der Waals surface area contributed by atoms with Crippen LogP contribution in [0.15, 0.2) is 0 Å². The molecule has 17 heavy (non-hydrogen) atoms. The van der Waals surface area contributed by atoms with Crippen molar-refractivity contribution in [2.24, 2.45) is 0 Å². The van der Waals surface area contributed by atoms with Gasteiger partial charge in [-0.05, 0) is 0 Å². The van der Waals surface area contributed by atoms with Crippen LogP contribution in [-0.4, -0.2) is 32.9 Å². The maximum atomic E-state index is 8.49. The summed E-state index contributed by atoms with van der Waals surface area (Å²) in [5.41, 5.74) is 0. The third kappa shape index (κ3) is 12000. The molecule has 17 heteroatoms. The normalized spacial score (nSPS) is 7.06. The van der Waals surface area contributed by atoms with E-state index in [1.54, 1.807) is 0 Å². The van der Waals surface area contributed by atoms with Crippen molar-refractivity contribution in [3.05, 3.63) is 0 Å². The van der Waals surface area contributed by atoms with Gasteiger partial charge in [-0.1, -0.05) is 0 Å². The zero-order chi connectivity index (χ0) is 9.00. The summed E-state index contributed by atoms with van der Waals surface area (Å²) in [6, 6.07) is 0.